The van der Waals surface area contributed by atoms with E-state index in [4.69, 9.17) is 9.84 Å². The van der Waals surface area contributed by atoms with Crippen molar-refractivity contribution in [2.24, 2.45) is 0 Å². The Kier molecular flexibility index (Phi) is 2.62. The minimum atomic E-state index is -1.02. The number of ether oxygens (including phenoxy) is 1. The lowest BCUT2D eigenvalue weighted by Gasteiger charge is -2.19. The summed E-state index contributed by atoms with van der Waals surface area (Å²) in [5.41, 5.74) is 0. The molecule has 16 heavy (non-hydrogen) atoms. The van der Waals surface area contributed by atoms with E-state index >= 15 is 0 Å². The highest BCUT2D eigenvalue weighted by molar-refractivity contribution is 6.44. The summed E-state index contributed by atoms with van der Waals surface area (Å²) in [4.78, 5) is 34.0. The maximum absolute atomic E-state index is 11.3. The highest BCUT2D eigenvalue weighted by Crippen LogP contribution is 2.24. The van der Waals surface area contributed by atoms with Crippen LogP contribution in [-0.4, -0.2) is 58.0 Å². The molecule has 2 fully saturated rings. The van der Waals surface area contributed by atoms with Crippen molar-refractivity contribution in [3.8, 4) is 0 Å². The largest absolute Gasteiger partial charge is 0.394 e. The molecular weight excluding hydrogens is 220 g/mol. The van der Waals surface area contributed by atoms with E-state index in [1.54, 1.807) is 0 Å². The lowest BCUT2D eigenvalue weighted by Crippen LogP contribution is -2.41. The summed E-state index contributed by atoms with van der Waals surface area (Å²) in [6.07, 6.45) is -2.84. The first-order valence-corrected chi connectivity index (χ1v) is 4.67. The van der Waals surface area contributed by atoms with Crippen molar-refractivity contribution in [1.82, 2.24) is 10.2 Å². The maximum atomic E-state index is 11.3. The van der Waals surface area contributed by atoms with Crippen molar-refractivity contribution in [3.63, 3.8) is 0 Å². The third-order valence-corrected chi connectivity index (χ3v) is 2.52. The molecule has 8 heteroatoms. The number of aliphatic hydroxyl groups excluding tert-OH is 2. The zero-order valence-electron chi connectivity index (χ0n) is 8.12. The van der Waals surface area contributed by atoms with E-state index in [2.05, 4.69) is 0 Å². The SMILES string of the molecule is O=C1NC(=O)N([C@H]2C[C@H](O)[C@@H](CO)O2)C1=O. The molecule has 0 radical (unpaired) electrons. The normalized spacial score (nSPS) is 34.8. The van der Waals surface area contributed by atoms with Crippen molar-refractivity contribution in [2.45, 2.75) is 24.9 Å². The predicted octanol–water partition coefficient (Wildman–Crippen LogP) is -2.47. The maximum Gasteiger partial charge on any atom is 0.333 e. The van der Waals surface area contributed by atoms with Crippen LogP contribution in [0.1, 0.15) is 6.42 Å². The molecule has 4 amide bonds. The number of carbonyl (C=O) groups is 3. The van der Waals surface area contributed by atoms with Crippen molar-refractivity contribution in [2.75, 3.05) is 6.61 Å². The minimum Gasteiger partial charge on any atom is -0.394 e. The molecule has 0 aromatic carbocycles. The molecule has 8 nitrogen and oxygen atoms in total. The van der Waals surface area contributed by atoms with E-state index in [0.29, 0.717) is 4.90 Å². The van der Waals surface area contributed by atoms with E-state index in [1.807, 2.05) is 5.32 Å². The Balaban J connectivity index is 2.12. The second kappa shape index (κ2) is 3.81. The van der Waals surface area contributed by atoms with Crippen LogP contribution in [0, 0.1) is 0 Å². The van der Waals surface area contributed by atoms with Crippen molar-refractivity contribution < 1.29 is 29.3 Å². The second-order valence-electron chi connectivity index (χ2n) is 3.55. The number of hydrogen-bond acceptors (Lipinski definition) is 6. The van der Waals surface area contributed by atoms with Gasteiger partial charge in [0.05, 0.1) is 12.7 Å². The van der Waals surface area contributed by atoms with Crippen LogP contribution in [0.25, 0.3) is 0 Å². The van der Waals surface area contributed by atoms with E-state index in [-0.39, 0.29) is 6.42 Å². The smallest absolute Gasteiger partial charge is 0.333 e. The molecule has 0 aliphatic carbocycles. The highest BCUT2D eigenvalue weighted by Gasteiger charge is 2.47. The molecule has 3 N–H and O–H groups in total. The highest BCUT2D eigenvalue weighted by atomic mass is 16.5. The van der Waals surface area contributed by atoms with Crippen LogP contribution in [0.3, 0.4) is 0 Å². The topological polar surface area (TPSA) is 116 Å². The fraction of sp³-hybridized carbons (Fsp3) is 0.625. The fourth-order valence-corrected chi connectivity index (χ4v) is 1.71. The summed E-state index contributed by atoms with van der Waals surface area (Å²) < 4.78 is 5.09. The van der Waals surface area contributed by atoms with Gasteiger partial charge in [-0.05, 0) is 0 Å². The molecule has 2 rings (SSSR count). The Morgan fingerprint density at radius 2 is 2.12 bits per heavy atom. The zero-order chi connectivity index (χ0) is 11.9. The van der Waals surface area contributed by atoms with E-state index in [9.17, 15) is 19.5 Å². The molecule has 3 atom stereocenters. The molecule has 2 aliphatic rings. The van der Waals surface area contributed by atoms with Crippen LogP contribution in [-0.2, 0) is 14.3 Å². The van der Waals surface area contributed by atoms with Gasteiger partial charge >= 0.3 is 17.8 Å². The number of carbonyl (C=O) groups excluding carboxylic acids is 3. The number of amides is 4. The number of aliphatic hydroxyl groups is 2. The summed E-state index contributed by atoms with van der Waals surface area (Å²) in [7, 11) is 0. The van der Waals surface area contributed by atoms with E-state index < -0.39 is 42.9 Å². The monoisotopic (exact) mass is 230 g/mol. The molecule has 0 bridgehead atoms. The summed E-state index contributed by atoms with van der Waals surface area (Å²) in [5.74, 6) is -2.03. The average molecular weight is 230 g/mol. The van der Waals surface area contributed by atoms with Gasteiger partial charge in [-0.1, -0.05) is 0 Å². The minimum absolute atomic E-state index is 0.0162. The van der Waals surface area contributed by atoms with E-state index in [0.717, 1.165) is 0 Å². The Labute approximate surface area is 89.8 Å². The van der Waals surface area contributed by atoms with Crippen molar-refractivity contribution in [3.05, 3.63) is 0 Å². The first kappa shape index (κ1) is 11.0. The van der Waals surface area contributed by atoms with Crippen LogP contribution >= 0.6 is 0 Å². The van der Waals surface area contributed by atoms with Crippen LogP contribution < -0.4 is 5.32 Å². The molecule has 2 aliphatic heterocycles. The summed E-state index contributed by atoms with van der Waals surface area (Å²) >= 11 is 0. The average Bonchev–Trinajstić information content (AvgIpc) is 2.69. The Morgan fingerprint density at radius 1 is 1.44 bits per heavy atom. The van der Waals surface area contributed by atoms with Gasteiger partial charge in [-0.15, -0.1) is 0 Å². The molecule has 2 heterocycles. The number of nitrogens with zero attached hydrogens (tertiary/aromatic N) is 1. The molecule has 2 saturated heterocycles. The van der Waals surface area contributed by atoms with Gasteiger partial charge in [0.15, 0.2) is 0 Å². The zero-order valence-corrected chi connectivity index (χ0v) is 8.12. The van der Waals surface area contributed by atoms with Crippen LogP contribution in [0.2, 0.25) is 0 Å². The van der Waals surface area contributed by atoms with Gasteiger partial charge in [-0.25, -0.2) is 9.69 Å². The Hall–Kier alpha value is -1.51. The van der Waals surface area contributed by atoms with Gasteiger partial charge in [0.25, 0.3) is 0 Å². The van der Waals surface area contributed by atoms with Gasteiger partial charge in [-0.2, -0.15) is 0 Å². The lowest BCUT2D eigenvalue weighted by atomic mass is 10.2. The number of rotatable bonds is 2. The molecular formula is C8H10N2O6. The van der Waals surface area contributed by atoms with Gasteiger partial charge in [0.2, 0.25) is 0 Å². The summed E-state index contributed by atoms with van der Waals surface area (Å²) in [5, 5.41) is 20.1. The van der Waals surface area contributed by atoms with Crippen LogP contribution in [0.5, 0.6) is 0 Å². The van der Waals surface area contributed by atoms with Gasteiger partial charge < -0.3 is 14.9 Å². The van der Waals surface area contributed by atoms with Gasteiger partial charge in [-0.3, -0.25) is 14.9 Å². The van der Waals surface area contributed by atoms with E-state index in [1.165, 1.54) is 0 Å². The molecule has 0 unspecified atom stereocenters. The predicted molar refractivity (Wildman–Crippen MR) is 46.8 cm³/mol. The quantitative estimate of drug-likeness (QED) is 0.357. The molecule has 0 aromatic heterocycles. The van der Waals surface area contributed by atoms with Crippen molar-refractivity contribution in [1.29, 1.82) is 0 Å². The number of hydrogen-bond donors (Lipinski definition) is 3. The number of imide groups is 2. The second-order valence-corrected chi connectivity index (χ2v) is 3.55. The lowest BCUT2D eigenvalue weighted by molar-refractivity contribution is -0.146. The van der Waals surface area contributed by atoms with Crippen molar-refractivity contribution >= 4 is 17.8 Å². The Bertz CT molecular complexity index is 356. The fourth-order valence-electron chi connectivity index (χ4n) is 1.71. The molecule has 0 aromatic rings. The van der Waals surface area contributed by atoms with Crippen LogP contribution in [0.4, 0.5) is 4.79 Å². The van der Waals surface area contributed by atoms with Gasteiger partial charge in [0, 0.05) is 6.42 Å². The van der Waals surface area contributed by atoms with Crippen LogP contribution in [0.15, 0.2) is 0 Å². The van der Waals surface area contributed by atoms with Gasteiger partial charge in [0.1, 0.15) is 12.3 Å². The third kappa shape index (κ3) is 1.56. The first-order chi connectivity index (χ1) is 7.54. The third-order valence-electron chi connectivity index (χ3n) is 2.52. The molecule has 88 valence electrons. The number of nitrogens with one attached hydrogen (secondary N) is 1. The first-order valence-electron chi connectivity index (χ1n) is 4.67. The summed E-state index contributed by atoms with van der Waals surface area (Å²) in [6.45, 7) is -0.421. The standard InChI is InChI=1S/C8H10N2O6/c11-2-4-3(12)1-5(16-4)10-7(14)6(13)9-8(10)15/h3-5,11-12H,1-2H2,(H,9,13,15)/t3-,4+,5+/m0/s1. The Morgan fingerprint density at radius 3 is 2.56 bits per heavy atom. The number of urea groups is 1. The molecule has 0 saturated carbocycles. The molecule has 0 spiro atoms. The summed E-state index contributed by atoms with van der Waals surface area (Å²) in [6, 6.07) is -0.870.